The van der Waals surface area contributed by atoms with Crippen LogP contribution in [-0.2, 0) is 6.54 Å². The molecule has 2 aromatic heterocycles. The lowest BCUT2D eigenvalue weighted by atomic mass is 10.2. The van der Waals surface area contributed by atoms with Crippen molar-refractivity contribution in [2.24, 2.45) is 0 Å². The standard InChI is InChI=1S/C18H16N3/c1-15-5-7-17(8-6-15)21(18-4-2-3-11-20-18)14-16-9-12-19-13-10-16/h2-3,5-13H,14H2,1H3. The van der Waals surface area contributed by atoms with Gasteiger partial charge in [-0.25, -0.2) is 4.98 Å². The Hall–Kier alpha value is -2.68. The average molecular weight is 274 g/mol. The monoisotopic (exact) mass is 274 g/mol. The number of aromatic nitrogens is 2. The molecular formula is C18H16N3. The van der Waals surface area contributed by atoms with E-state index in [0.29, 0.717) is 0 Å². The van der Waals surface area contributed by atoms with Crippen LogP contribution >= 0.6 is 0 Å². The lowest BCUT2D eigenvalue weighted by Gasteiger charge is -2.23. The van der Waals surface area contributed by atoms with E-state index in [0.717, 1.165) is 18.1 Å². The molecule has 3 heteroatoms. The fourth-order valence-electron chi connectivity index (χ4n) is 2.15. The smallest absolute Gasteiger partial charge is 0.141 e. The highest BCUT2D eigenvalue weighted by atomic mass is 15.2. The van der Waals surface area contributed by atoms with Crippen LogP contribution in [0.3, 0.4) is 0 Å². The number of aryl methyl sites for hydroxylation is 1. The lowest BCUT2D eigenvalue weighted by Crippen LogP contribution is -2.17. The maximum atomic E-state index is 4.43. The third-order valence-electron chi connectivity index (χ3n) is 3.28. The zero-order chi connectivity index (χ0) is 14.5. The second kappa shape index (κ2) is 6.18. The molecule has 0 aliphatic heterocycles. The molecule has 1 aromatic carbocycles. The van der Waals surface area contributed by atoms with E-state index < -0.39 is 0 Å². The molecule has 0 atom stereocenters. The quantitative estimate of drug-likeness (QED) is 0.722. The van der Waals surface area contributed by atoms with Gasteiger partial charge in [0.05, 0.1) is 0 Å². The van der Waals surface area contributed by atoms with E-state index in [1.807, 2.05) is 36.7 Å². The summed E-state index contributed by atoms with van der Waals surface area (Å²) in [4.78, 5) is 10.6. The minimum absolute atomic E-state index is 0.735. The van der Waals surface area contributed by atoms with E-state index in [1.165, 1.54) is 11.1 Å². The molecule has 0 N–H and O–H groups in total. The molecule has 0 spiro atoms. The fourth-order valence-corrected chi connectivity index (χ4v) is 2.15. The Morgan fingerprint density at radius 3 is 2.43 bits per heavy atom. The molecule has 2 heterocycles. The highest BCUT2D eigenvalue weighted by Gasteiger charge is 2.11. The molecule has 1 radical (unpaired) electrons. The van der Waals surface area contributed by atoms with Crippen LogP contribution in [0.5, 0.6) is 0 Å². The molecule has 0 saturated carbocycles. The summed E-state index contributed by atoms with van der Waals surface area (Å²) in [5, 5.41) is 0. The predicted molar refractivity (Wildman–Crippen MR) is 84.3 cm³/mol. The Bertz CT molecular complexity index is 679. The van der Waals surface area contributed by atoms with Crippen LogP contribution in [-0.4, -0.2) is 9.97 Å². The van der Waals surface area contributed by atoms with Gasteiger partial charge in [0.25, 0.3) is 0 Å². The summed E-state index contributed by atoms with van der Waals surface area (Å²) in [6.07, 6.45) is 5.41. The zero-order valence-electron chi connectivity index (χ0n) is 11.9. The van der Waals surface area contributed by atoms with Crippen LogP contribution in [0.15, 0.2) is 67.1 Å². The van der Waals surface area contributed by atoms with Crippen LogP contribution in [0, 0.1) is 13.0 Å². The minimum Gasteiger partial charge on any atom is -0.321 e. The van der Waals surface area contributed by atoms with Crippen molar-refractivity contribution in [2.45, 2.75) is 13.5 Å². The summed E-state index contributed by atoms with van der Waals surface area (Å²) in [6.45, 7) is 2.82. The molecule has 0 aliphatic carbocycles. The lowest BCUT2D eigenvalue weighted by molar-refractivity contribution is 0.941. The van der Waals surface area contributed by atoms with Gasteiger partial charge >= 0.3 is 0 Å². The van der Waals surface area contributed by atoms with Gasteiger partial charge in [0.2, 0.25) is 0 Å². The van der Waals surface area contributed by atoms with Crippen LogP contribution in [0.2, 0.25) is 0 Å². The van der Waals surface area contributed by atoms with Crippen molar-refractivity contribution in [3.05, 3.63) is 84.3 Å². The van der Waals surface area contributed by atoms with Gasteiger partial charge in [0.15, 0.2) is 0 Å². The van der Waals surface area contributed by atoms with Crippen LogP contribution in [0.4, 0.5) is 11.5 Å². The number of anilines is 2. The summed E-state index contributed by atoms with van der Waals surface area (Å²) in [5.41, 5.74) is 3.53. The van der Waals surface area contributed by atoms with Crippen molar-refractivity contribution in [2.75, 3.05) is 4.90 Å². The van der Waals surface area contributed by atoms with Crippen molar-refractivity contribution >= 4 is 11.5 Å². The normalized spacial score (nSPS) is 10.3. The third kappa shape index (κ3) is 3.26. The Morgan fingerprint density at radius 2 is 1.76 bits per heavy atom. The van der Waals surface area contributed by atoms with Gasteiger partial charge in [0.1, 0.15) is 5.82 Å². The van der Waals surface area contributed by atoms with Crippen LogP contribution in [0.25, 0.3) is 0 Å². The first kappa shape index (κ1) is 13.3. The highest BCUT2D eigenvalue weighted by molar-refractivity contribution is 5.59. The van der Waals surface area contributed by atoms with E-state index in [1.54, 1.807) is 6.20 Å². The Labute approximate surface area is 124 Å². The number of rotatable bonds is 4. The van der Waals surface area contributed by atoms with Crippen molar-refractivity contribution < 1.29 is 0 Å². The second-order valence-corrected chi connectivity index (χ2v) is 4.88. The van der Waals surface area contributed by atoms with E-state index in [2.05, 4.69) is 52.1 Å². The maximum Gasteiger partial charge on any atom is 0.141 e. The maximum absolute atomic E-state index is 4.43. The number of pyridine rings is 2. The molecule has 0 amide bonds. The van der Waals surface area contributed by atoms with Crippen molar-refractivity contribution in [1.29, 1.82) is 0 Å². The second-order valence-electron chi connectivity index (χ2n) is 4.88. The Kier molecular flexibility index (Phi) is 3.92. The van der Waals surface area contributed by atoms with Gasteiger partial charge in [-0.15, -0.1) is 0 Å². The van der Waals surface area contributed by atoms with Crippen molar-refractivity contribution in [1.82, 2.24) is 9.97 Å². The van der Waals surface area contributed by atoms with Gasteiger partial charge in [-0.2, -0.15) is 0 Å². The highest BCUT2D eigenvalue weighted by Crippen LogP contribution is 2.25. The van der Waals surface area contributed by atoms with E-state index in [-0.39, 0.29) is 0 Å². The first-order valence-corrected chi connectivity index (χ1v) is 6.89. The number of benzene rings is 1. The van der Waals surface area contributed by atoms with E-state index in [9.17, 15) is 0 Å². The minimum atomic E-state index is 0.735. The summed E-state index contributed by atoms with van der Waals surface area (Å²) in [7, 11) is 0. The summed E-state index contributed by atoms with van der Waals surface area (Å²) in [5.74, 6) is 0.818. The van der Waals surface area contributed by atoms with Gasteiger partial charge in [-0.05, 0) is 48.9 Å². The van der Waals surface area contributed by atoms with Crippen molar-refractivity contribution in [3.63, 3.8) is 0 Å². The molecule has 0 unspecified atom stereocenters. The van der Waals surface area contributed by atoms with Crippen LogP contribution in [0.1, 0.15) is 11.1 Å². The molecule has 103 valence electrons. The topological polar surface area (TPSA) is 29.0 Å². The van der Waals surface area contributed by atoms with E-state index >= 15 is 0 Å². The molecule has 0 saturated heterocycles. The van der Waals surface area contributed by atoms with Crippen molar-refractivity contribution in [3.8, 4) is 0 Å². The molecular weight excluding hydrogens is 258 g/mol. The summed E-state index contributed by atoms with van der Waals surface area (Å²) >= 11 is 0. The Balaban J connectivity index is 1.97. The first-order chi connectivity index (χ1) is 10.3. The number of hydrogen-bond donors (Lipinski definition) is 0. The fraction of sp³-hybridized carbons (Fsp3) is 0.111. The number of hydrogen-bond acceptors (Lipinski definition) is 3. The van der Waals surface area contributed by atoms with Crippen LogP contribution < -0.4 is 4.90 Å². The van der Waals surface area contributed by atoms with E-state index in [4.69, 9.17) is 0 Å². The molecule has 21 heavy (non-hydrogen) atoms. The Morgan fingerprint density at radius 1 is 1.00 bits per heavy atom. The molecule has 0 fully saturated rings. The van der Waals surface area contributed by atoms with Gasteiger partial charge < -0.3 is 4.90 Å². The number of nitrogens with zero attached hydrogens (tertiary/aromatic N) is 3. The van der Waals surface area contributed by atoms with Gasteiger partial charge in [-0.1, -0.05) is 17.7 Å². The largest absolute Gasteiger partial charge is 0.321 e. The predicted octanol–water partition coefficient (Wildman–Crippen LogP) is 3.92. The SMILES string of the molecule is Cc1ccc(N(Cc2ccncc2)c2[c]cccn2)cc1. The van der Waals surface area contributed by atoms with Gasteiger partial charge in [-0.3, -0.25) is 4.98 Å². The molecule has 3 aromatic rings. The third-order valence-corrected chi connectivity index (χ3v) is 3.28. The molecule has 0 bridgehead atoms. The molecule has 3 rings (SSSR count). The summed E-state index contributed by atoms with van der Waals surface area (Å²) < 4.78 is 0. The first-order valence-electron chi connectivity index (χ1n) is 6.89. The molecule has 3 nitrogen and oxygen atoms in total. The average Bonchev–Trinajstić information content (AvgIpc) is 2.55. The molecule has 0 aliphatic rings. The summed E-state index contributed by atoms with van der Waals surface area (Å²) in [6, 6.07) is 19.4. The van der Waals surface area contributed by atoms with Gasteiger partial charge in [0, 0.05) is 36.9 Å². The zero-order valence-corrected chi connectivity index (χ0v) is 11.9.